The minimum atomic E-state index is 0.761. The minimum Gasteiger partial charge on any atom is -0.377 e. The van der Waals surface area contributed by atoms with Crippen LogP contribution in [0.2, 0.25) is 0 Å². The fourth-order valence-corrected chi connectivity index (χ4v) is 3.51. The molecule has 1 nitrogen and oxygen atoms in total. The maximum absolute atomic E-state index is 5.70. The molecule has 1 aromatic carbocycles. The summed E-state index contributed by atoms with van der Waals surface area (Å²) in [6.07, 6.45) is 15.0. The van der Waals surface area contributed by atoms with E-state index >= 15 is 0 Å². The van der Waals surface area contributed by atoms with E-state index in [9.17, 15) is 0 Å². The molecule has 0 unspecified atom stereocenters. The van der Waals surface area contributed by atoms with Gasteiger partial charge in [0.05, 0.1) is 6.61 Å². The van der Waals surface area contributed by atoms with Crippen molar-refractivity contribution < 1.29 is 4.74 Å². The summed E-state index contributed by atoms with van der Waals surface area (Å²) in [5, 5.41) is 0. The van der Waals surface area contributed by atoms with Crippen LogP contribution in [0.25, 0.3) is 0 Å². The lowest BCUT2D eigenvalue weighted by atomic mass is 9.77. The van der Waals surface area contributed by atoms with Gasteiger partial charge in [0, 0.05) is 6.61 Å². The highest BCUT2D eigenvalue weighted by Crippen LogP contribution is 2.37. The predicted molar refractivity (Wildman–Crippen MR) is 99.8 cm³/mol. The minimum absolute atomic E-state index is 0.761. The molecule has 1 aliphatic rings. The van der Waals surface area contributed by atoms with Crippen molar-refractivity contribution in [2.45, 2.75) is 77.7 Å². The van der Waals surface area contributed by atoms with Crippen molar-refractivity contribution in [2.75, 3.05) is 6.61 Å². The Kier molecular flexibility index (Phi) is 8.46. The smallest absolute Gasteiger partial charge is 0.0716 e. The molecule has 1 aliphatic carbocycles. The van der Waals surface area contributed by atoms with Gasteiger partial charge in [-0.25, -0.2) is 0 Å². The fraction of sp³-hybridized carbons (Fsp3) is 0.636. The number of allylic oxidation sites excluding steroid dienone is 2. The van der Waals surface area contributed by atoms with E-state index in [0.717, 1.165) is 31.5 Å². The molecule has 1 heteroatoms. The molecule has 0 aromatic heterocycles. The van der Waals surface area contributed by atoms with Crippen LogP contribution in [0.5, 0.6) is 0 Å². The van der Waals surface area contributed by atoms with E-state index in [4.69, 9.17) is 4.74 Å². The second-order valence-corrected chi connectivity index (χ2v) is 6.98. The Labute approximate surface area is 143 Å². The highest BCUT2D eigenvalue weighted by atomic mass is 16.5. The number of hydrogen-bond acceptors (Lipinski definition) is 1. The second-order valence-electron chi connectivity index (χ2n) is 6.98. The largest absolute Gasteiger partial charge is 0.377 e. The standard InChI is InChI=1S/C22H34O/c1-3-5-7-8-19-9-13-21(14-10-19)22-15-11-20(12-16-22)18-23-17-6-4-2/h5,7,11-12,15-16,19,21H,3-4,6,8-10,13-14,17-18H2,1-2H3. The number of ether oxygens (including phenoxy) is 1. The van der Waals surface area contributed by atoms with Gasteiger partial charge < -0.3 is 4.74 Å². The van der Waals surface area contributed by atoms with Gasteiger partial charge in [-0.3, -0.25) is 0 Å². The summed E-state index contributed by atoms with van der Waals surface area (Å²) in [5.74, 6) is 1.69. The molecule has 0 radical (unpaired) electrons. The normalized spacial score (nSPS) is 21.8. The van der Waals surface area contributed by atoms with Crippen molar-refractivity contribution in [3.05, 3.63) is 47.5 Å². The van der Waals surface area contributed by atoms with Crippen molar-refractivity contribution in [3.63, 3.8) is 0 Å². The molecule has 1 fully saturated rings. The second kappa shape index (κ2) is 10.6. The van der Waals surface area contributed by atoms with E-state index in [1.54, 1.807) is 0 Å². The first-order valence-corrected chi connectivity index (χ1v) is 9.65. The Morgan fingerprint density at radius 2 is 1.74 bits per heavy atom. The van der Waals surface area contributed by atoms with Gasteiger partial charge in [-0.1, -0.05) is 56.7 Å². The van der Waals surface area contributed by atoms with Crippen molar-refractivity contribution in [1.29, 1.82) is 0 Å². The molecule has 1 saturated carbocycles. The Bertz CT molecular complexity index is 438. The first-order valence-electron chi connectivity index (χ1n) is 9.65. The highest BCUT2D eigenvalue weighted by Gasteiger charge is 2.21. The third kappa shape index (κ3) is 6.51. The van der Waals surface area contributed by atoms with Crippen molar-refractivity contribution in [1.82, 2.24) is 0 Å². The Balaban J connectivity index is 1.74. The topological polar surface area (TPSA) is 9.23 Å². The molecule has 1 aromatic rings. The number of unbranched alkanes of at least 4 members (excludes halogenated alkanes) is 1. The van der Waals surface area contributed by atoms with Crippen molar-refractivity contribution in [3.8, 4) is 0 Å². The van der Waals surface area contributed by atoms with Gasteiger partial charge in [-0.05, 0) is 67.9 Å². The zero-order valence-electron chi connectivity index (χ0n) is 15.1. The lowest BCUT2D eigenvalue weighted by molar-refractivity contribution is 0.118. The predicted octanol–water partition coefficient (Wildman–Crippen LogP) is 6.63. The third-order valence-corrected chi connectivity index (χ3v) is 5.08. The molecular weight excluding hydrogens is 280 g/mol. The number of hydrogen-bond donors (Lipinski definition) is 0. The first kappa shape index (κ1) is 18.3. The average Bonchev–Trinajstić information content (AvgIpc) is 2.60. The van der Waals surface area contributed by atoms with Crippen LogP contribution in [-0.4, -0.2) is 6.61 Å². The SMILES string of the molecule is CCC=CCC1CCC(c2ccc(COCCCC)cc2)CC1. The van der Waals surface area contributed by atoms with Crippen LogP contribution in [0.15, 0.2) is 36.4 Å². The van der Waals surface area contributed by atoms with Gasteiger partial charge in [0.1, 0.15) is 0 Å². The van der Waals surface area contributed by atoms with Gasteiger partial charge in [0.15, 0.2) is 0 Å². The van der Waals surface area contributed by atoms with E-state index in [2.05, 4.69) is 50.3 Å². The monoisotopic (exact) mass is 314 g/mol. The summed E-state index contributed by atoms with van der Waals surface area (Å²) in [6, 6.07) is 9.19. The van der Waals surface area contributed by atoms with Gasteiger partial charge in [-0.15, -0.1) is 0 Å². The van der Waals surface area contributed by atoms with Crippen molar-refractivity contribution >= 4 is 0 Å². The molecular formula is C22H34O. The molecule has 0 amide bonds. The van der Waals surface area contributed by atoms with Crippen LogP contribution in [0, 0.1) is 5.92 Å². The molecule has 0 bridgehead atoms. The molecule has 23 heavy (non-hydrogen) atoms. The molecule has 0 spiro atoms. The average molecular weight is 315 g/mol. The van der Waals surface area contributed by atoms with Gasteiger partial charge in [0.25, 0.3) is 0 Å². The van der Waals surface area contributed by atoms with Crippen molar-refractivity contribution in [2.24, 2.45) is 5.92 Å². The van der Waals surface area contributed by atoms with Crippen LogP contribution < -0.4 is 0 Å². The molecule has 0 saturated heterocycles. The lowest BCUT2D eigenvalue weighted by Gasteiger charge is -2.28. The van der Waals surface area contributed by atoms with E-state index < -0.39 is 0 Å². The maximum Gasteiger partial charge on any atom is 0.0716 e. The van der Waals surface area contributed by atoms with E-state index in [-0.39, 0.29) is 0 Å². The van der Waals surface area contributed by atoms with Crippen LogP contribution >= 0.6 is 0 Å². The summed E-state index contributed by atoms with van der Waals surface area (Å²) in [7, 11) is 0. The first-order chi connectivity index (χ1) is 11.3. The summed E-state index contributed by atoms with van der Waals surface area (Å²) >= 11 is 0. The third-order valence-electron chi connectivity index (χ3n) is 5.08. The quantitative estimate of drug-likeness (QED) is 0.367. The van der Waals surface area contributed by atoms with Crippen LogP contribution in [0.1, 0.15) is 82.3 Å². The zero-order chi connectivity index (χ0) is 16.3. The van der Waals surface area contributed by atoms with Crippen LogP contribution in [0.4, 0.5) is 0 Å². The molecule has 0 atom stereocenters. The molecule has 0 N–H and O–H groups in total. The number of rotatable bonds is 9. The molecule has 2 rings (SSSR count). The summed E-state index contributed by atoms with van der Waals surface area (Å²) in [5.41, 5.74) is 2.84. The van der Waals surface area contributed by atoms with Crippen LogP contribution in [-0.2, 0) is 11.3 Å². The maximum atomic E-state index is 5.70. The Morgan fingerprint density at radius 1 is 1.00 bits per heavy atom. The Morgan fingerprint density at radius 3 is 2.39 bits per heavy atom. The summed E-state index contributed by atoms with van der Waals surface area (Å²) in [4.78, 5) is 0. The molecule has 0 heterocycles. The highest BCUT2D eigenvalue weighted by molar-refractivity contribution is 5.25. The van der Waals surface area contributed by atoms with Gasteiger partial charge in [-0.2, -0.15) is 0 Å². The summed E-state index contributed by atoms with van der Waals surface area (Å²) < 4.78 is 5.70. The zero-order valence-corrected chi connectivity index (χ0v) is 15.1. The lowest BCUT2D eigenvalue weighted by Crippen LogP contribution is -2.12. The van der Waals surface area contributed by atoms with E-state index in [1.807, 2.05) is 0 Å². The summed E-state index contributed by atoms with van der Waals surface area (Å²) in [6.45, 7) is 6.06. The Hall–Kier alpha value is -1.08. The van der Waals surface area contributed by atoms with Gasteiger partial charge >= 0.3 is 0 Å². The fourth-order valence-electron chi connectivity index (χ4n) is 3.51. The van der Waals surface area contributed by atoms with Crippen LogP contribution in [0.3, 0.4) is 0 Å². The van der Waals surface area contributed by atoms with Gasteiger partial charge in [0.2, 0.25) is 0 Å². The van der Waals surface area contributed by atoms with E-state index in [0.29, 0.717) is 0 Å². The van der Waals surface area contributed by atoms with E-state index in [1.165, 1.54) is 56.1 Å². The molecule has 0 aliphatic heterocycles. The number of benzene rings is 1. The molecule has 128 valence electrons.